The molecule has 2 aromatic rings. The lowest BCUT2D eigenvalue weighted by Gasteiger charge is -2.06. The van der Waals surface area contributed by atoms with Crippen molar-refractivity contribution in [2.45, 2.75) is 19.6 Å². The van der Waals surface area contributed by atoms with E-state index in [1.165, 1.54) is 4.80 Å². The summed E-state index contributed by atoms with van der Waals surface area (Å²) in [6, 6.07) is 7.91. The number of aromatic nitrogens is 4. The van der Waals surface area contributed by atoms with Crippen molar-refractivity contribution in [2.24, 2.45) is 0 Å². The Morgan fingerprint density at radius 1 is 1.39 bits per heavy atom. The molecule has 18 heavy (non-hydrogen) atoms. The van der Waals surface area contributed by atoms with Crippen LogP contribution in [0.2, 0.25) is 0 Å². The highest BCUT2D eigenvalue weighted by molar-refractivity contribution is 7.98. The number of aryl methyl sites for hydroxylation is 1. The van der Waals surface area contributed by atoms with Gasteiger partial charge < -0.3 is 5.11 Å². The zero-order chi connectivity index (χ0) is 13.0. The first-order valence-electron chi connectivity index (χ1n) is 5.71. The zero-order valence-electron chi connectivity index (χ0n) is 10.4. The average Bonchev–Trinajstić information content (AvgIpc) is 2.78. The molecular weight excluding hydrogens is 248 g/mol. The third-order valence-corrected chi connectivity index (χ3v) is 3.29. The van der Waals surface area contributed by atoms with Gasteiger partial charge in [-0.3, -0.25) is 0 Å². The van der Waals surface area contributed by atoms with E-state index in [1.54, 1.807) is 11.8 Å². The van der Waals surface area contributed by atoms with Crippen LogP contribution in [0.15, 0.2) is 24.3 Å². The minimum absolute atomic E-state index is 0.375. The van der Waals surface area contributed by atoms with Gasteiger partial charge in [0.25, 0.3) is 0 Å². The molecule has 0 aliphatic heterocycles. The van der Waals surface area contributed by atoms with Gasteiger partial charge in [0.1, 0.15) is 0 Å². The Bertz CT molecular complexity index is 514. The number of aliphatic hydroxyl groups excluding tert-OH is 1. The van der Waals surface area contributed by atoms with Crippen LogP contribution < -0.4 is 0 Å². The van der Waals surface area contributed by atoms with Gasteiger partial charge in [0, 0.05) is 11.3 Å². The molecule has 0 bridgehead atoms. The molecule has 6 heteroatoms. The molecule has 1 heterocycles. The Labute approximate surface area is 110 Å². The van der Waals surface area contributed by atoms with Crippen LogP contribution in [0.4, 0.5) is 0 Å². The molecule has 1 aromatic carbocycles. The second-order valence-corrected chi connectivity index (χ2v) is 5.00. The van der Waals surface area contributed by atoms with E-state index < -0.39 is 6.10 Å². The number of rotatable bonds is 5. The minimum atomic E-state index is -0.445. The fourth-order valence-corrected chi connectivity index (χ4v) is 2.18. The van der Waals surface area contributed by atoms with E-state index in [-0.39, 0.29) is 0 Å². The van der Waals surface area contributed by atoms with E-state index in [0.717, 1.165) is 11.1 Å². The van der Waals surface area contributed by atoms with Gasteiger partial charge in [-0.2, -0.15) is 16.6 Å². The number of hydrogen-bond acceptors (Lipinski definition) is 5. The first-order valence-corrected chi connectivity index (χ1v) is 7.11. The quantitative estimate of drug-likeness (QED) is 0.883. The monoisotopic (exact) mass is 264 g/mol. The summed E-state index contributed by atoms with van der Waals surface area (Å²) in [5, 5.41) is 22.0. The van der Waals surface area contributed by atoms with Gasteiger partial charge >= 0.3 is 0 Å². The van der Waals surface area contributed by atoms with Gasteiger partial charge in [-0.15, -0.1) is 10.2 Å². The normalized spacial score (nSPS) is 12.6. The van der Waals surface area contributed by atoms with E-state index in [1.807, 2.05) is 37.4 Å². The van der Waals surface area contributed by atoms with Crippen molar-refractivity contribution in [1.29, 1.82) is 0 Å². The van der Waals surface area contributed by atoms with E-state index >= 15 is 0 Å². The van der Waals surface area contributed by atoms with Gasteiger partial charge in [0.15, 0.2) is 0 Å². The first-order chi connectivity index (χ1) is 8.70. The van der Waals surface area contributed by atoms with Crippen LogP contribution >= 0.6 is 11.8 Å². The Kier molecular flexibility index (Phi) is 4.33. The van der Waals surface area contributed by atoms with Crippen LogP contribution in [0.1, 0.15) is 5.56 Å². The molecule has 1 aromatic heterocycles. The summed E-state index contributed by atoms with van der Waals surface area (Å²) in [7, 11) is 0. The molecule has 96 valence electrons. The maximum Gasteiger partial charge on any atom is 0.205 e. The van der Waals surface area contributed by atoms with Crippen molar-refractivity contribution in [2.75, 3.05) is 12.0 Å². The molecule has 0 fully saturated rings. The van der Waals surface area contributed by atoms with Gasteiger partial charge in [0.2, 0.25) is 5.82 Å². The summed E-state index contributed by atoms with van der Waals surface area (Å²) < 4.78 is 0. The molecule has 0 radical (unpaired) electrons. The summed E-state index contributed by atoms with van der Waals surface area (Å²) in [6.45, 7) is 2.39. The third kappa shape index (κ3) is 3.08. The molecule has 1 N–H and O–H groups in total. The van der Waals surface area contributed by atoms with Crippen LogP contribution in [0.5, 0.6) is 0 Å². The van der Waals surface area contributed by atoms with Crippen LogP contribution in [0, 0.1) is 6.92 Å². The average molecular weight is 264 g/mol. The molecule has 0 aliphatic carbocycles. The molecule has 0 spiro atoms. The number of nitrogens with zero attached hydrogens (tertiary/aromatic N) is 4. The predicted molar refractivity (Wildman–Crippen MR) is 72.4 cm³/mol. The standard InChI is InChI=1S/C12H16N4OS/c1-9-5-3-4-6-11(9)12-13-15-16(14-12)7-10(17)8-18-2/h3-6,10,17H,7-8H2,1-2H3. The van der Waals surface area contributed by atoms with Crippen molar-refractivity contribution in [3.8, 4) is 11.4 Å². The summed E-state index contributed by atoms with van der Waals surface area (Å²) in [4.78, 5) is 1.45. The smallest absolute Gasteiger partial charge is 0.205 e. The Balaban J connectivity index is 2.13. The van der Waals surface area contributed by atoms with E-state index in [9.17, 15) is 5.11 Å². The summed E-state index contributed by atoms with van der Waals surface area (Å²) in [5.41, 5.74) is 2.09. The predicted octanol–water partition coefficient (Wildman–Crippen LogP) is 1.37. The fraction of sp³-hybridized carbons (Fsp3) is 0.417. The van der Waals surface area contributed by atoms with Crippen LogP contribution in [-0.4, -0.2) is 43.4 Å². The number of benzene rings is 1. The molecular formula is C12H16N4OS. The van der Waals surface area contributed by atoms with E-state index in [2.05, 4.69) is 15.4 Å². The van der Waals surface area contributed by atoms with Gasteiger partial charge in [-0.05, 0) is 24.0 Å². The lowest BCUT2D eigenvalue weighted by atomic mass is 10.1. The molecule has 5 nitrogen and oxygen atoms in total. The summed E-state index contributed by atoms with van der Waals surface area (Å²) >= 11 is 1.60. The highest BCUT2D eigenvalue weighted by Gasteiger charge is 2.10. The second kappa shape index (κ2) is 5.97. The molecule has 0 amide bonds. The Hall–Kier alpha value is -1.40. The summed E-state index contributed by atoms with van der Waals surface area (Å²) in [6.07, 6.45) is 1.51. The van der Waals surface area contributed by atoms with Gasteiger partial charge in [-0.25, -0.2) is 0 Å². The minimum Gasteiger partial charge on any atom is -0.390 e. The number of tetrazole rings is 1. The van der Waals surface area contributed by atoms with Crippen molar-refractivity contribution < 1.29 is 5.11 Å². The number of aliphatic hydroxyl groups is 1. The maximum absolute atomic E-state index is 9.69. The number of hydrogen-bond donors (Lipinski definition) is 1. The van der Waals surface area contributed by atoms with E-state index in [4.69, 9.17) is 0 Å². The fourth-order valence-electron chi connectivity index (χ4n) is 1.69. The van der Waals surface area contributed by atoms with Gasteiger partial charge in [-0.1, -0.05) is 24.3 Å². The van der Waals surface area contributed by atoms with Crippen LogP contribution in [0.3, 0.4) is 0 Å². The highest BCUT2D eigenvalue weighted by Crippen LogP contribution is 2.17. The molecule has 1 atom stereocenters. The van der Waals surface area contributed by atoms with Crippen molar-refractivity contribution in [3.05, 3.63) is 29.8 Å². The lowest BCUT2D eigenvalue weighted by Crippen LogP contribution is -2.20. The topological polar surface area (TPSA) is 63.8 Å². The third-order valence-electron chi connectivity index (χ3n) is 2.57. The molecule has 1 unspecified atom stereocenters. The highest BCUT2D eigenvalue weighted by atomic mass is 32.2. The Morgan fingerprint density at radius 2 is 2.17 bits per heavy atom. The SMILES string of the molecule is CSCC(O)Cn1nnc(-c2ccccc2C)n1. The van der Waals surface area contributed by atoms with Crippen molar-refractivity contribution in [1.82, 2.24) is 20.2 Å². The van der Waals surface area contributed by atoms with Crippen molar-refractivity contribution in [3.63, 3.8) is 0 Å². The molecule has 0 saturated carbocycles. The van der Waals surface area contributed by atoms with Crippen LogP contribution in [0.25, 0.3) is 11.4 Å². The first kappa shape index (κ1) is 13.0. The van der Waals surface area contributed by atoms with Gasteiger partial charge in [0.05, 0.1) is 12.6 Å². The van der Waals surface area contributed by atoms with E-state index in [0.29, 0.717) is 18.1 Å². The molecule has 0 aliphatic rings. The molecule has 2 rings (SSSR count). The number of thioether (sulfide) groups is 1. The molecule has 0 saturated heterocycles. The largest absolute Gasteiger partial charge is 0.390 e. The van der Waals surface area contributed by atoms with Crippen LogP contribution in [-0.2, 0) is 6.54 Å². The summed E-state index contributed by atoms with van der Waals surface area (Å²) in [5.74, 6) is 1.27. The zero-order valence-corrected chi connectivity index (χ0v) is 11.3. The Morgan fingerprint density at radius 3 is 2.89 bits per heavy atom. The van der Waals surface area contributed by atoms with Crippen molar-refractivity contribution >= 4 is 11.8 Å². The maximum atomic E-state index is 9.69. The lowest BCUT2D eigenvalue weighted by molar-refractivity contribution is 0.165. The second-order valence-electron chi connectivity index (χ2n) is 4.09.